The van der Waals surface area contributed by atoms with Crippen LogP contribution in [-0.4, -0.2) is 34.4 Å². The van der Waals surface area contributed by atoms with Gasteiger partial charge in [-0.3, -0.25) is 14.5 Å². The minimum atomic E-state index is -0.373. The number of hydrogen-bond donors (Lipinski definition) is 1. The summed E-state index contributed by atoms with van der Waals surface area (Å²) < 4.78 is 2.12. The topological polar surface area (TPSA) is 54.3 Å². The van der Waals surface area contributed by atoms with E-state index in [1.165, 1.54) is 28.9 Å². The average molecular weight is 249 g/mol. The highest BCUT2D eigenvalue weighted by molar-refractivity contribution is 6.05. The van der Waals surface area contributed by atoms with Gasteiger partial charge < -0.3 is 9.88 Å². The van der Waals surface area contributed by atoms with Gasteiger partial charge in [0, 0.05) is 32.0 Å². The van der Waals surface area contributed by atoms with Crippen molar-refractivity contribution in [3.63, 3.8) is 0 Å². The number of aromatic nitrogens is 1. The maximum atomic E-state index is 11.7. The molecule has 0 spiro atoms. The summed E-state index contributed by atoms with van der Waals surface area (Å²) in [6.45, 7) is 4.72. The lowest BCUT2D eigenvalue weighted by molar-refractivity contribution is -0.137. The highest BCUT2D eigenvalue weighted by Gasteiger charge is 2.35. The van der Waals surface area contributed by atoms with Crippen LogP contribution in [0.3, 0.4) is 0 Å². The van der Waals surface area contributed by atoms with E-state index in [0.29, 0.717) is 6.54 Å². The van der Waals surface area contributed by atoms with Crippen LogP contribution in [0.1, 0.15) is 23.4 Å². The predicted molar refractivity (Wildman–Crippen MR) is 67.9 cm³/mol. The van der Waals surface area contributed by atoms with Crippen molar-refractivity contribution < 1.29 is 9.59 Å². The van der Waals surface area contributed by atoms with Gasteiger partial charge in [0.15, 0.2) is 0 Å². The summed E-state index contributed by atoms with van der Waals surface area (Å²) in [4.78, 5) is 24.3. The van der Waals surface area contributed by atoms with Crippen LogP contribution >= 0.6 is 0 Å². The first-order valence-corrected chi connectivity index (χ1v) is 6.07. The Kier molecular flexibility index (Phi) is 3.26. The van der Waals surface area contributed by atoms with Gasteiger partial charge in [0.1, 0.15) is 0 Å². The third kappa shape index (κ3) is 2.06. The molecule has 1 aromatic heterocycles. The first kappa shape index (κ1) is 12.8. The normalized spacial score (nSPS) is 20.0. The van der Waals surface area contributed by atoms with Crippen molar-refractivity contribution in [3.8, 4) is 0 Å². The van der Waals surface area contributed by atoms with Crippen molar-refractivity contribution in [1.82, 2.24) is 14.8 Å². The molecule has 5 nitrogen and oxygen atoms in total. The largest absolute Gasteiger partial charge is 0.352 e. The second kappa shape index (κ2) is 4.57. The van der Waals surface area contributed by atoms with Gasteiger partial charge in [0.2, 0.25) is 11.8 Å². The van der Waals surface area contributed by atoms with Gasteiger partial charge >= 0.3 is 0 Å². The van der Waals surface area contributed by atoms with Gasteiger partial charge in [-0.25, -0.2) is 0 Å². The third-order valence-corrected chi connectivity index (χ3v) is 3.80. The van der Waals surface area contributed by atoms with Gasteiger partial charge in [0.25, 0.3) is 0 Å². The molecule has 1 fully saturated rings. The molecule has 2 amide bonds. The molecule has 0 bridgehead atoms. The number of carbonyl (C=O) groups is 2. The molecule has 2 rings (SSSR count). The van der Waals surface area contributed by atoms with E-state index in [2.05, 4.69) is 29.8 Å². The molecule has 2 heterocycles. The van der Waals surface area contributed by atoms with Crippen molar-refractivity contribution in [2.24, 2.45) is 7.05 Å². The van der Waals surface area contributed by atoms with Crippen LogP contribution in [0.2, 0.25) is 0 Å². The van der Waals surface area contributed by atoms with E-state index in [0.717, 1.165) is 0 Å². The van der Waals surface area contributed by atoms with Gasteiger partial charge in [0.05, 0.1) is 12.5 Å². The number of rotatable bonds is 3. The number of nitrogens with one attached hydrogen (secondary N) is 1. The Hall–Kier alpha value is -1.62. The Bertz CT molecular complexity index is 505. The maximum absolute atomic E-state index is 11.7. The number of hydrogen-bond acceptors (Lipinski definition) is 3. The molecule has 5 heteroatoms. The summed E-state index contributed by atoms with van der Waals surface area (Å²) in [6.07, 6.45) is 0.264. The molecule has 1 N–H and O–H groups in total. The van der Waals surface area contributed by atoms with Crippen LogP contribution in [0.15, 0.2) is 6.07 Å². The number of imide groups is 1. The van der Waals surface area contributed by atoms with Gasteiger partial charge in [-0.15, -0.1) is 0 Å². The Morgan fingerprint density at radius 1 is 1.33 bits per heavy atom. The number of amides is 2. The zero-order valence-electron chi connectivity index (χ0n) is 11.3. The lowest BCUT2D eigenvalue weighted by Crippen LogP contribution is -2.36. The zero-order chi connectivity index (χ0) is 13.4. The van der Waals surface area contributed by atoms with Crippen molar-refractivity contribution in [2.75, 3.05) is 7.05 Å². The van der Waals surface area contributed by atoms with E-state index >= 15 is 0 Å². The second-order valence-electron chi connectivity index (χ2n) is 4.88. The molecule has 1 aliphatic rings. The highest BCUT2D eigenvalue weighted by atomic mass is 16.2. The fraction of sp³-hybridized carbons (Fsp3) is 0.538. The highest BCUT2D eigenvalue weighted by Crippen LogP contribution is 2.15. The van der Waals surface area contributed by atoms with Crippen LogP contribution < -0.4 is 5.32 Å². The summed E-state index contributed by atoms with van der Waals surface area (Å²) in [7, 11) is 3.55. The molecule has 1 atom stereocenters. The van der Waals surface area contributed by atoms with Crippen LogP contribution in [0.5, 0.6) is 0 Å². The minimum absolute atomic E-state index is 0.113. The monoisotopic (exact) mass is 249 g/mol. The van der Waals surface area contributed by atoms with Gasteiger partial charge in [-0.2, -0.15) is 0 Å². The number of aryl methyl sites for hydroxylation is 1. The Balaban J connectivity index is 2.02. The molecule has 0 saturated carbocycles. The van der Waals surface area contributed by atoms with Gasteiger partial charge in [-0.1, -0.05) is 0 Å². The van der Waals surface area contributed by atoms with Crippen LogP contribution in [0, 0.1) is 13.8 Å². The van der Waals surface area contributed by atoms with E-state index in [1.54, 1.807) is 0 Å². The van der Waals surface area contributed by atoms with Gasteiger partial charge in [-0.05, 0) is 25.5 Å². The quantitative estimate of drug-likeness (QED) is 0.793. The molecule has 0 aliphatic carbocycles. The fourth-order valence-electron chi connectivity index (χ4n) is 2.26. The minimum Gasteiger partial charge on any atom is -0.352 e. The standard InChI is InChI=1S/C13H19N3O2/c1-8-5-10(9(2)15(8)3)7-14-11-6-12(17)16(4)13(11)18/h5,11,14H,6-7H2,1-4H3. The molecule has 0 aromatic carbocycles. The fourth-order valence-corrected chi connectivity index (χ4v) is 2.26. The number of likely N-dealkylation sites (tertiary alicyclic amines) is 1. The van der Waals surface area contributed by atoms with E-state index in [4.69, 9.17) is 0 Å². The van der Waals surface area contributed by atoms with Crippen molar-refractivity contribution in [3.05, 3.63) is 23.0 Å². The summed E-state index contributed by atoms with van der Waals surface area (Å²) in [5.74, 6) is -0.247. The van der Waals surface area contributed by atoms with Crippen LogP contribution in [-0.2, 0) is 23.2 Å². The summed E-state index contributed by atoms with van der Waals surface area (Å²) >= 11 is 0. The molecule has 1 aromatic rings. The average Bonchev–Trinajstić information content (AvgIpc) is 2.72. The van der Waals surface area contributed by atoms with Crippen molar-refractivity contribution in [1.29, 1.82) is 0 Å². The predicted octanol–water partition coefficient (Wildman–Crippen LogP) is 0.489. The third-order valence-electron chi connectivity index (χ3n) is 3.80. The molecule has 1 saturated heterocycles. The number of carbonyl (C=O) groups excluding carboxylic acids is 2. The van der Waals surface area contributed by atoms with E-state index < -0.39 is 0 Å². The lowest BCUT2D eigenvalue weighted by atomic mass is 10.2. The smallest absolute Gasteiger partial charge is 0.246 e. The van der Waals surface area contributed by atoms with Crippen molar-refractivity contribution >= 4 is 11.8 Å². The summed E-state index contributed by atoms with van der Waals surface area (Å²) in [5.41, 5.74) is 3.55. The Labute approximate surface area is 107 Å². The van der Waals surface area contributed by atoms with E-state index in [-0.39, 0.29) is 24.3 Å². The second-order valence-corrected chi connectivity index (χ2v) is 4.88. The first-order valence-electron chi connectivity index (χ1n) is 6.07. The van der Waals surface area contributed by atoms with E-state index in [9.17, 15) is 9.59 Å². The van der Waals surface area contributed by atoms with Crippen molar-refractivity contribution in [2.45, 2.75) is 32.9 Å². The molecule has 98 valence electrons. The maximum Gasteiger partial charge on any atom is 0.246 e. The van der Waals surface area contributed by atoms with Crippen LogP contribution in [0.4, 0.5) is 0 Å². The molecule has 1 unspecified atom stereocenters. The molecule has 0 radical (unpaired) electrons. The lowest BCUT2D eigenvalue weighted by Gasteiger charge is -2.11. The van der Waals surface area contributed by atoms with E-state index in [1.807, 2.05) is 7.05 Å². The molecule has 18 heavy (non-hydrogen) atoms. The molecular weight excluding hydrogens is 230 g/mol. The zero-order valence-corrected chi connectivity index (χ0v) is 11.3. The SMILES string of the molecule is Cc1cc(CNC2CC(=O)N(C)C2=O)c(C)n1C. The summed E-state index contributed by atoms with van der Waals surface area (Å²) in [5, 5.41) is 3.16. The molecule has 1 aliphatic heterocycles. The Morgan fingerprint density at radius 2 is 2.00 bits per heavy atom. The number of nitrogens with zero attached hydrogens (tertiary/aromatic N) is 2. The first-order chi connectivity index (χ1) is 8.41. The summed E-state index contributed by atoms with van der Waals surface area (Å²) in [6, 6.07) is 1.73. The Morgan fingerprint density at radius 3 is 2.44 bits per heavy atom. The number of likely N-dealkylation sites (N-methyl/N-ethyl adjacent to an activating group) is 1. The molecular formula is C13H19N3O2. The van der Waals surface area contributed by atoms with Crippen LogP contribution in [0.25, 0.3) is 0 Å².